The topological polar surface area (TPSA) is 47.6 Å². The molecule has 0 saturated carbocycles. The van der Waals surface area contributed by atoms with Crippen molar-refractivity contribution in [3.8, 4) is 11.5 Å². The first-order valence-corrected chi connectivity index (χ1v) is 9.89. The molecule has 3 rings (SSSR count). The molecule has 0 bridgehead atoms. The van der Waals surface area contributed by atoms with Crippen molar-refractivity contribution in [2.75, 3.05) is 19.5 Å². The number of hydrogen-bond acceptors (Lipinski definition) is 4. The molecule has 28 heavy (non-hydrogen) atoms. The zero-order valence-electron chi connectivity index (χ0n) is 16.2. The number of nitrogens with one attached hydrogen (secondary N) is 1. The quantitative estimate of drug-likeness (QED) is 0.534. The third-order valence-electron chi connectivity index (χ3n) is 4.31. The lowest BCUT2D eigenvalue weighted by Gasteiger charge is -2.12. The van der Waals surface area contributed by atoms with Crippen molar-refractivity contribution >= 4 is 23.4 Å². The first kappa shape index (κ1) is 19.8. The molecule has 0 aliphatic rings. The van der Waals surface area contributed by atoms with E-state index in [1.54, 1.807) is 32.0 Å². The minimum Gasteiger partial charge on any atom is -0.497 e. The van der Waals surface area contributed by atoms with E-state index in [-0.39, 0.29) is 5.91 Å². The van der Waals surface area contributed by atoms with Gasteiger partial charge in [0.25, 0.3) is 5.91 Å². The summed E-state index contributed by atoms with van der Waals surface area (Å²) in [5.41, 5.74) is 3.53. The number of thioether (sulfide) groups is 1. The van der Waals surface area contributed by atoms with E-state index in [0.29, 0.717) is 5.56 Å². The second-order valence-electron chi connectivity index (χ2n) is 6.31. The Morgan fingerprint density at radius 2 is 1.64 bits per heavy atom. The van der Waals surface area contributed by atoms with E-state index in [4.69, 9.17) is 9.47 Å². The van der Waals surface area contributed by atoms with Crippen LogP contribution in [-0.2, 0) is 5.75 Å². The van der Waals surface area contributed by atoms with Crippen LogP contribution in [0.3, 0.4) is 0 Å². The molecule has 0 aliphatic heterocycles. The lowest BCUT2D eigenvalue weighted by atomic mass is 10.1. The Kier molecular flexibility index (Phi) is 6.61. The second kappa shape index (κ2) is 9.33. The van der Waals surface area contributed by atoms with Gasteiger partial charge in [-0.1, -0.05) is 17.7 Å². The second-order valence-corrected chi connectivity index (χ2v) is 7.36. The number of carbonyl (C=O) groups excluding carboxylic acids is 1. The van der Waals surface area contributed by atoms with Crippen molar-refractivity contribution in [1.82, 2.24) is 0 Å². The van der Waals surface area contributed by atoms with Crippen LogP contribution in [0, 0.1) is 6.92 Å². The predicted octanol–water partition coefficient (Wildman–Crippen LogP) is 5.56. The molecule has 0 spiro atoms. The van der Waals surface area contributed by atoms with E-state index in [0.717, 1.165) is 28.5 Å². The van der Waals surface area contributed by atoms with E-state index < -0.39 is 0 Å². The third kappa shape index (κ3) is 5.08. The van der Waals surface area contributed by atoms with E-state index >= 15 is 0 Å². The summed E-state index contributed by atoms with van der Waals surface area (Å²) < 4.78 is 10.6. The molecule has 3 aromatic carbocycles. The molecule has 0 aromatic heterocycles. The van der Waals surface area contributed by atoms with E-state index in [9.17, 15) is 4.79 Å². The molecule has 1 amide bonds. The Morgan fingerprint density at radius 3 is 2.29 bits per heavy atom. The fraction of sp³-hybridized carbons (Fsp3) is 0.174. The first-order chi connectivity index (χ1) is 13.6. The summed E-state index contributed by atoms with van der Waals surface area (Å²) in [6, 6.07) is 21.2. The van der Waals surface area contributed by atoms with Gasteiger partial charge in [0.15, 0.2) is 0 Å². The van der Waals surface area contributed by atoms with Gasteiger partial charge in [0.05, 0.1) is 14.2 Å². The predicted molar refractivity (Wildman–Crippen MR) is 115 cm³/mol. The summed E-state index contributed by atoms with van der Waals surface area (Å²) >= 11 is 1.71. The first-order valence-electron chi connectivity index (χ1n) is 8.91. The lowest BCUT2D eigenvalue weighted by molar-refractivity contribution is 0.102. The zero-order chi connectivity index (χ0) is 19.9. The largest absolute Gasteiger partial charge is 0.497 e. The lowest BCUT2D eigenvalue weighted by Crippen LogP contribution is -2.12. The number of hydrogen-bond donors (Lipinski definition) is 1. The molecular weight excluding hydrogens is 370 g/mol. The summed E-state index contributed by atoms with van der Waals surface area (Å²) in [6.45, 7) is 2.07. The highest BCUT2D eigenvalue weighted by Crippen LogP contribution is 2.29. The van der Waals surface area contributed by atoms with E-state index in [1.165, 1.54) is 10.5 Å². The van der Waals surface area contributed by atoms with Crippen LogP contribution >= 0.6 is 11.8 Å². The number of benzene rings is 3. The molecule has 1 N–H and O–H groups in total. The highest BCUT2D eigenvalue weighted by atomic mass is 32.2. The van der Waals surface area contributed by atoms with Gasteiger partial charge in [-0.05, 0) is 61.5 Å². The summed E-state index contributed by atoms with van der Waals surface area (Å²) in [7, 11) is 3.26. The zero-order valence-corrected chi connectivity index (χ0v) is 17.0. The Morgan fingerprint density at radius 1 is 0.929 bits per heavy atom. The molecule has 0 heterocycles. The van der Waals surface area contributed by atoms with Gasteiger partial charge in [-0.15, -0.1) is 11.8 Å². The van der Waals surface area contributed by atoms with Crippen LogP contribution in [0.1, 0.15) is 21.5 Å². The van der Waals surface area contributed by atoms with Gasteiger partial charge in [-0.2, -0.15) is 0 Å². The van der Waals surface area contributed by atoms with Crippen molar-refractivity contribution in [3.63, 3.8) is 0 Å². The molecular formula is C23H23NO3S. The van der Waals surface area contributed by atoms with Crippen LogP contribution in [0.4, 0.5) is 5.69 Å². The normalized spacial score (nSPS) is 10.4. The van der Waals surface area contributed by atoms with Gasteiger partial charge in [0.1, 0.15) is 11.5 Å². The number of carbonyl (C=O) groups is 1. The summed E-state index contributed by atoms with van der Waals surface area (Å²) in [6.07, 6.45) is 0. The Labute approximate surface area is 169 Å². The molecule has 0 aliphatic carbocycles. The van der Waals surface area contributed by atoms with Crippen LogP contribution in [0.25, 0.3) is 0 Å². The average Bonchev–Trinajstić information content (AvgIpc) is 2.73. The summed E-state index contributed by atoms with van der Waals surface area (Å²) in [5, 5.41) is 2.91. The smallest absolute Gasteiger partial charge is 0.255 e. The number of methoxy groups -OCH3 is 2. The molecule has 0 fully saturated rings. The van der Waals surface area contributed by atoms with Gasteiger partial charge in [-0.3, -0.25) is 4.79 Å². The maximum atomic E-state index is 12.6. The fourth-order valence-corrected chi connectivity index (χ4v) is 3.58. The van der Waals surface area contributed by atoms with Gasteiger partial charge in [-0.25, -0.2) is 0 Å². The minimum atomic E-state index is -0.158. The summed E-state index contributed by atoms with van der Waals surface area (Å²) in [5.74, 6) is 2.09. The van der Waals surface area contributed by atoms with E-state index in [2.05, 4.69) is 36.5 Å². The Bertz CT molecular complexity index is 937. The maximum Gasteiger partial charge on any atom is 0.255 e. The highest BCUT2D eigenvalue weighted by molar-refractivity contribution is 7.98. The van der Waals surface area contributed by atoms with Crippen LogP contribution < -0.4 is 14.8 Å². The van der Waals surface area contributed by atoms with Crippen LogP contribution in [0.2, 0.25) is 0 Å². The highest BCUT2D eigenvalue weighted by Gasteiger charge is 2.11. The number of ether oxygens (including phenoxy) is 2. The standard InChI is InChI=1S/C23H23NO3S/c1-16-4-11-21(12-5-16)28-15-18-14-17(6-13-22(18)27-3)23(25)24-19-7-9-20(26-2)10-8-19/h4-14H,15H2,1-3H3,(H,24,25). The Balaban J connectivity index is 1.73. The van der Waals surface area contributed by atoms with E-state index in [1.807, 2.05) is 36.4 Å². The SMILES string of the molecule is COc1ccc(NC(=O)c2ccc(OC)c(CSc3ccc(C)cc3)c2)cc1. The van der Waals surface area contributed by atoms with Crippen LogP contribution in [0.15, 0.2) is 71.6 Å². The van der Waals surface area contributed by atoms with Crippen molar-refractivity contribution in [1.29, 1.82) is 0 Å². The molecule has 0 unspecified atom stereocenters. The molecule has 144 valence electrons. The molecule has 0 radical (unpaired) electrons. The average molecular weight is 394 g/mol. The minimum absolute atomic E-state index is 0.158. The Hall–Kier alpha value is -2.92. The molecule has 5 heteroatoms. The van der Waals surface area contributed by atoms with Crippen molar-refractivity contribution < 1.29 is 14.3 Å². The molecule has 0 atom stereocenters. The maximum absolute atomic E-state index is 12.6. The van der Waals surface area contributed by atoms with Gasteiger partial charge in [0.2, 0.25) is 0 Å². The molecule has 3 aromatic rings. The van der Waals surface area contributed by atoms with Gasteiger partial charge < -0.3 is 14.8 Å². The van der Waals surface area contributed by atoms with Crippen molar-refractivity contribution in [2.45, 2.75) is 17.6 Å². The molecule has 0 saturated heterocycles. The number of anilines is 1. The van der Waals surface area contributed by atoms with Crippen molar-refractivity contribution in [3.05, 3.63) is 83.4 Å². The van der Waals surface area contributed by atoms with Crippen molar-refractivity contribution in [2.24, 2.45) is 0 Å². The van der Waals surface area contributed by atoms with Crippen LogP contribution in [-0.4, -0.2) is 20.1 Å². The monoisotopic (exact) mass is 393 g/mol. The number of amides is 1. The summed E-state index contributed by atoms with van der Waals surface area (Å²) in [4.78, 5) is 13.8. The number of aryl methyl sites for hydroxylation is 1. The van der Waals surface area contributed by atoms with Gasteiger partial charge in [0, 0.05) is 27.5 Å². The van der Waals surface area contributed by atoms with Gasteiger partial charge >= 0.3 is 0 Å². The third-order valence-corrected chi connectivity index (χ3v) is 5.37. The molecule has 4 nitrogen and oxygen atoms in total. The van der Waals surface area contributed by atoms with Crippen LogP contribution in [0.5, 0.6) is 11.5 Å². The number of rotatable bonds is 7. The fourth-order valence-electron chi connectivity index (χ4n) is 2.71.